The molecule has 1 aliphatic heterocycles. The Hall–Kier alpha value is -4.28. The molecule has 1 aliphatic rings. The van der Waals surface area contributed by atoms with Crippen LogP contribution in [0.15, 0.2) is 112 Å². The van der Waals surface area contributed by atoms with Gasteiger partial charge in [-0.25, -0.2) is 9.79 Å². The molecule has 4 aromatic carbocycles. The molecule has 0 bridgehead atoms. The molecule has 51 heavy (non-hydrogen) atoms. The van der Waals surface area contributed by atoms with Crippen LogP contribution in [0.1, 0.15) is 53.9 Å². The first-order chi connectivity index (χ1) is 24.7. The number of carbonyl (C=O) groups excluding carboxylic acids is 2. The summed E-state index contributed by atoms with van der Waals surface area (Å²) in [6, 6.07) is 27.1. The van der Waals surface area contributed by atoms with Crippen molar-refractivity contribution in [2.24, 2.45) is 4.99 Å². The van der Waals surface area contributed by atoms with E-state index in [1.54, 1.807) is 30.5 Å². The lowest BCUT2D eigenvalue weighted by molar-refractivity contribution is -0.113. The number of aromatic nitrogens is 1. The van der Waals surface area contributed by atoms with Crippen LogP contribution in [-0.2, 0) is 16.1 Å². The van der Waals surface area contributed by atoms with Gasteiger partial charge in [0.05, 0.1) is 47.8 Å². The van der Waals surface area contributed by atoms with E-state index in [1.165, 1.54) is 11.3 Å². The van der Waals surface area contributed by atoms with Crippen molar-refractivity contribution < 1.29 is 23.8 Å². The molecule has 0 fully saturated rings. The van der Waals surface area contributed by atoms with Gasteiger partial charge in [0.15, 0.2) is 4.80 Å². The zero-order chi connectivity index (χ0) is 36.1. The van der Waals surface area contributed by atoms with Crippen molar-refractivity contribution in [3.05, 3.63) is 151 Å². The molecule has 0 radical (unpaired) electrons. The van der Waals surface area contributed by atoms with Crippen molar-refractivity contribution >= 4 is 80.2 Å². The summed E-state index contributed by atoms with van der Waals surface area (Å²) in [6.07, 6.45) is 1.85. The Balaban J connectivity index is 1.32. The number of esters is 1. The van der Waals surface area contributed by atoms with Gasteiger partial charge in [0, 0.05) is 5.69 Å². The molecule has 0 spiro atoms. The molecule has 0 aliphatic carbocycles. The Bertz CT molecular complexity index is 2280. The van der Waals surface area contributed by atoms with Gasteiger partial charge in [0.2, 0.25) is 0 Å². The van der Waals surface area contributed by atoms with E-state index in [0.717, 1.165) is 29.6 Å². The maximum absolute atomic E-state index is 14.2. The minimum Gasteiger partial charge on any atom is -0.494 e. The van der Waals surface area contributed by atoms with E-state index in [-0.39, 0.29) is 17.4 Å². The van der Waals surface area contributed by atoms with Crippen LogP contribution >= 0.6 is 56.5 Å². The number of hydrogen-bond donors (Lipinski definition) is 1. The third-order valence-electron chi connectivity index (χ3n) is 7.97. The summed E-state index contributed by atoms with van der Waals surface area (Å²) in [5.41, 5.74) is 4.33. The molecule has 0 saturated carbocycles. The van der Waals surface area contributed by atoms with Gasteiger partial charge in [-0.1, -0.05) is 53.8 Å². The fourth-order valence-corrected chi connectivity index (χ4v) is 8.79. The second kappa shape index (κ2) is 16.4. The lowest BCUT2D eigenvalue weighted by Crippen LogP contribution is -2.40. The Labute approximate surface area is 326 Å². The average Bonchev–Trinajstić information content (AvgIpc) is 3.42. The molecule has 0 unspecified atom stereocenters. The SMILES string of the molecule is CCOC(=O)c1ccc(COc2c(I)cc(/C=c3\sc4n(c3=O)[C@@H](c3ccc(OCC)cc3)C(C(=O)Nc3ccccc3)=C(C)N=4)cc2I)cc1. The van der Waals surface area contributed by atoms with E-state index in [2.05, 4.69) is 50.5 Å². The van der Waals surface area contributed by atoms with E-state index in [9.17, 15) is 14.4 Å². The minimum absolute atomic E-state index is 0.244. The normalized spacial score (nSPS) is 14.1. The number of rotatable bonds is 11. The molecule has 9 nitrogen and oxygen atoms in total. The van der Waals surface area contributed by atoms with Crippen molar-refractivity contribution in [2.75, 3.05) is 18.5 Å². The minimum atomic E-state index is -0.704. The average molecular weight is 926 g/mol. The van der Waals surface area contributed by atoms with Gasteiger partial charge in [-0.15, -0.1) is 0 Å². The predicted molar refractivity (Wildman–Crippen MR) is 215 cm³/mol. The maximum Gasteiger partial charge on any atom is 0.338 e. The number of thiazole rings is 1. The van der Waals surface area contributed by atoms with Crippen molar-refractivity contribution in [1.29, 1.82) is 0 Å². The highest BCUT2D eigenvalue weighted by atomic mass is 127. The lowest BCUT2D eigenvalue weighted by Gasteiger charge is -2.25. The number of nitrogens with zero attached hydrogens (tertiary/aromatic N) is 2. The maximum atomic E-state index is 14.2. The molecule has 2 heterocycles. The fourth-order valence-electron chi connectivity index (χ4n) is 5.62. The van der Waals surface area contributed by atoms with Gasteiger partial charge in [-0.05, 0) is 137 Å². The van der Waals surface area contributed by atoms with Gasteiger partial charge < -0.3 is 19.5 Å². The number of para-hydroxylation sites is 1. The van der Waals surface area contributed by atoms with Gasteiger partial charge >= 0.3 is 5.97 Å². The standard InChI is InChI=1S/C39H33I2N3O6S/c1-4-48-29-17-15-26(16-18-29)34-33(36(45)43-28-9-7-6-8-10-28)23(3)42-39-44(34)37(46)32(51-39)21-25-19-30(40)35(31(41)20-25)50-22-24-11-13-27(14-12-24)38(47)49-5-2/h6-21,34H,4-5,22H2,1-3H3,(H,43,45)/b32-21-/t34-/m0/s1. The highest BCUT2D eigenvalue weighted by Gasteiger charge is 2.32. The number of ether oxygens (including phenoxy) is 3. The predicted octanol–water partition coefficient (Wildman–Crippen LogP) is 7.24. The molecule has 1 amide bonds. The van der Waals surface area contributed by atoms with Gasteiger partial charge in [-0.2, -0.15) is 0 Å². The summed E-state index contributed by atoms with van der Waals surface area (Å²) < 4.78 is 20.8. The highest BCUT2D eigenvalue weighted by Crippen LogP contribution is 2.33. The number of anilines is 1. The molecule has 1 aromatic heterocycles. The number of hydrogen-bond acceptors (Lipinski definition) is 8. The summed E-state index contributed by atoms with van der Waals surface area (Å²) in [4.78, 5) is 45.4. The third-order valence-corrected chi connectivity index (χ3v) is 10.6. The second-order valence-corrected chi connectivity index (χ2v) is 14.8. The number of nitrogens with one attached hydrogen (secondary N) is 1. The molecule has 6 rings (SSSR count). The van der Waals surface area contributed by atoms with Gasteiger partial charge in [0.25, 0.3) is 11.5 Å². The van der Waals surface area contributed by atoms with E-state index in [4.69, 9.17) is 19.2 Å². The summed E-state index contributed by atoms with van der Waals surface area (Å²) in [5, 5.41) is 2.99. The molecular formula is C39H33I2N3O6S. The van der Waals surface area contributed by atoms with E-state index in [1.807, 2.05) is 91.9 Å². The van der Waals surface area contributed by atoms with E-state index >= 15 is 0 Å². The summed E-state index contributed by atoms with van der Waals surface area (Å²) in [6.45, 7) is 6.66. The molecule has 1 atom stereocenters. The van der Waals surface area contributed by atoms with Crippen LogP contribution in [-0.4, -0.2) is 29.7 Å². The summed E-state index contributed by atoms with van der Waals surface area (Å²) >= 11 is 5.76. The fraction of sp³-hybridized carbons (Fsp3) is 0.179. The monoisotopic (exact) mass is 925 g/mol. The van der Waals surface area contributed by atoms with Crippen LogP contribution in [0.4, 0.5) is 5.69 Å². The summed E-state index contributed by atoms with van der Waals surface area (Å²) in [5.74, 6) is 0.746. The second-order valence-electron chi connectivity index (χ2n) is 11.4. The van der Waals surface area contributed by atoms with Crippen molar-refractivity contribution in [3.8, 4) is 11.5 Å². The quantitative estimate of drug-likeness (QED) is 0.111. The first kappa shape index (κ1) is 36.5. The van der Waals surface area contributed by atoms with E-state index in [0.29, 0.717) is 57.4 Å². The highest BCUT2D eigenvalue weighted by molar-refractivity contribution is 14.1. The Morgan fingerprint density at radius 3 is 2.25 bits per heavy atom. The number of fused-ring (bicyclic) bond motifs is 1. The van der Waals surface area contributed by atoms with Crippen molar-refractivity contribution in [1.82, 2.24) is 4.57 Å². The first-order valence-corrected chi connectivity index (χ1v) is 19.1. The number of benzene rings is 4. The topological polar surface area (TPSA) is 108 Å². The van der Waals surface area contributed by atoms with Crippen LogP contribution in [0, 0.1) is 7.14 Å². The van der Waals surface area contributed by atoms with Crippen LogP contribution in [0.25, 0.3) is 6.08 Å². The number of allylic oxidation sites excluding steroid dienone is 1. The molecule has 0 saturated heterocycles. The van der Waals surface area contributed by atoms with Crippen LogP contribution in [0.3, 0.4) is 0 Å². The largest absolute Gasteiger partial charge is 0.494 e. The molecule has 260 valence electrons. The third kappa shape index (κ3) is 8.28. The number of halogens is 2. The first-order valence-electron chi connectivity index (χ1n) is 16.2. The van der Waals surface area contributed by atoms with E-state index < -0.39 is 6.04 Å². The summed E-state index contributed by atoms with van der Waals surface area (Å²) in [7, 11) is 0. The van der Waals surface area contributed by atoms with Crippen LogP contribution < -0.4 is 29.7 Å². The Morgan fingerprint density at radius 2 is 1.61 bits per heavy atom. The Kier molecular flexibility index (Phi) is 11.7. The number of carbonyl (C=O) groups is 2. The lowest BCUT2D eigenvalue weighted by atomic mass is 9.95. The zero-order valence-electron chi connectivity index (χ0n) is 27.9. The zero-order valence-corrected chi connectivity index (χ0v) is 33.1. The van der Waals surface area contributed by atoms with Gasteiger partial charge in [0.1, 0.15) is 18.1 Å². The van der Waals surface area contributed by atoms with Gasteiger partial charge in [-0.3, -0.25) is 14.2 Å². The molecule has 12 heteroatoms. The molecule has 1 N–H and O–H groups in total. The number of amides is 1. The Morgan fingerprint density at radius 1 is 0.922 bits per heavy atom. The van der Waals surface area contributed by atoms with Crippen LogP contribution in [0.2, 0.25) is 0 Å². The smallest absolute Gasteiger partial charge is 0.338 e. The van der Waals surface area contributed by atoms with Crippen molar-refractivity contribution in [3.63, 3.8) is 0 Å². The molecular weight excluding hydrogens is 892 g/mol. The molecule has 5 aromatic rings. The van der Waals surface area contributed by atoms with Crippen LogP contribution in [0.5, 0.6) is 11.5 Å². The van der Waals surface area contributed by atoms with Crippen molar-refractivity contribution in [2.45, 2.75) is 33.4 Å².